The van der Waals surface area contributed by atoms with E-state index >= 15 is 0 Å². The van der Waals surface area contributed by atoms with Crippen molar-refractivity contribution in [2.24, 2.45) is 4.99 Å². The molecule has 7 aromatic carbocycles. The number of benzene rings is 7. The highest BCUT2D eigenvalue weighted by molar-refractivity contribution is 6.19. The van der Waals surface area contributed by atoms with Gasteiger partial charge in [-0.15, -0.1) is 0 Å². The van der Waals surface area contributed by atoms with Crippen LogP contribution in [0.25, 0.3) is 32.7 Å². The van der Waals surface area contributed by atoms with E-state index in [4.69, 9.17) is 9.98 Å². The van der Waals surface area contributed by atoms with Gasteiger partial charge in [0.15, 0.2) is 0 Å². The summed E-state index contributed by atoms with van der Waals surface area (Å²) in [5, 5.41) is 4.90. The topological polar surface area (TPSA) is 31.7 Å². The molecule has 8 aromatic rings. The number of hydrogen-bond acceptors (Lipinski definition) is 4. The number of aliphatic imine (C=N–C) groups is 1. The van der Waals surface area contributed by atoms with E-state index < -0.39 is 5.54 Å². The minimum atomic E-state index is -0.478. The van der Waals surface area contributed by atoms with Gasteiger partial charge < -0.3 is 4.90 Å². The van der Waals surface area contributed by atoms with Gasteiger partial charge in [0.05, 0.1) is 17.1 Å². The number of amidine groups is 1. The molecule has 0 saturated carbocycles. The van der Waals surface area contributed by atoms with Crippen molar-refractivity contribution >= 4 is 55.8 Å². The third-order valence-corrected chi connectivity index (χ3v) is 11.4. The molecule has 260 valence electrons. The highest BCUT2D eigenvalue weighted by Gasteiger charge is 2.45. The van der Waals surface area contributed by atoms with Crippen LogP contribution in [0.15, 0.2) is 175 Å². The maximum Gasteiger partial charge on any atom is 0.141 e. The lowest BCUT2D eigenvalue weighted by Gasteiger charge is -2.46. The second-order valence-electron chi connectivity index (χ2n) is 15.5. The first-order valence-corrected chi connectivity index (χ1v) is 18.7. The molecule has 2 aliphatic rings. The lowest BCUT2D eigenvalue weighted by molar-refractivity contribution is 0.523. The Balaban J connectivity index is 1.02. The smallest absolute Gasteiger partial charge is 0.141 e. The van der Waals surface area contributed by atoms with Gasteiger partial charge in [-0.3, -0.25) is 14.9 Å². The summed E-state index contributed by atoms with van der Waals surface area (Å²) >= 11 is 0. The summed E-state index contributed by atoms with van der Waals surface area (Å²) < 4.78 is 0. The van der Waals surface area contributed by atoms with E-state index in [1.165, 1.54) is 55.2 Å². The third-order valence-electron chi connectivity index (χ3n) is 11.4. The molecule has 4 heteroatoms. The van der Waals surface area contributed by atoms with Crippen LogP contribution in [-0.2, 0) is 11.0 Å². The zero-order valence-electron chi connectivity index (χ0n) is 31.0. The Kier molecular flexibility index (Phi) is 7.15. The molecule has 0 N–H and O–H groups in total. The third kappa shape index (κ3) is 4.98. The molecule has 0 fully saturated rings. The van der Waals surface area contributed by atoms with Crippen molar-refractivity contribution in [1.29, 1.82) is 0 Å². The molecule has 3 heterocycles. The van der Waals surface area contributed by atoms with E-state index in [-0.39, 0.29) is 5.41 Å². The molecule has 2 aliphatic heterocycles. The normalized spacial score (nSPS) is 15.0. The molecular weight excluding hydrogens is 657 g/mol. The number of para-hydroxylation sites is 3. The molecule has 10 rings (SSSR count). The van der Waals surface area contributed by atoms with Crippen LogP contribution in [-0.4, -0.2) is 10.8 Å². The number of nitrogens with zero attached hydrogens (tertiary/aromatic N) is 4. The van der Waals surface area contributed by atoms with E-state index in [1.54, 1.807) is 0 Å². The quantitative estimate of drug-likeness (QED) is 0.168. The van der Waals surface area contributed by atoms with Crippen LogP contribution in [0.3, 0.4) is 0 Å². The first kappa shape index (κ1) is 32.2. The van der Waals surface area contributed by atoms with Crippen molar-refractivity contribution in [3.8, 4) is 11.1 Å². The van der Waals surface area contributed by atoms with Gasteiger partial charge in [-0.05, 0) is 118 Å². The predicted octanol–water partition coefficient (Wildman–Crippen LogP) is 13.0. The highest BCUT2D eigenvalue weighted by Crippen LogP contribution is 2.54. The lowest BCUT2D eigenvalue weighted by atomic mass is 9.72. The fourth-order valence-corrected chi connectivity index (χ4v) is 8.67. The SMILES string of the molecule is CC1(C)N=C(c2ccc3c(ccc4cc(-c5ccc(N(c6ccccc6)c6ccccc6)cc5)ccc43)c2)N2c3ccccc3C(C)(C)c3ccnc1c32. The summed E-state index contributed by atoms with van der Waals surface area (Å²) in [6.07, 6.45) is 1.96. The summed E-state index contributed by atoms with van der Waals surface area (Å²) in [7, 11) is 0. The number of rotatable bonds is 5. The summed E-state index contributed by atoms with van der Waals surface area (Å²) in [5.41, 5.74) is 12.2. The van der Waals surface area contributed by atoms with Gasteiger partial charge in [-0.2, -0.15) is 0 Å². The van der Waals surface area contributed by atoms with Gasteiger partial charge >= 0.3 is 0 Å². The van der Waals surface area contributed by atoms with Gasteiger partial charge in [-0.25, -0.2) is 0 Å². The largest absolute Gasteiger partial charge is 0.311 e. The van der Waals surface area contributed by atoms with Crippen molar-refractivity contribution in [3.63, 3.8) is 0 Å². The zero-order valence-corrected chi connectivity index (χ0v) is 31.0. The first-order valence-electron chi connectivity index (χ1n) is 18.7. The Bertz CT molecular complexity index is 2720. The number of anilines is 5. The van der Waals surface area contributed by atoms with Crippen LogP contribution in [0.5, 0.6) is 0 Å². The van der Waals surface area contributed by atoms with Crippen molar-refractivity contribution in [3.05, 3.63) is 192 Å². The average molecular weight is 697 g/mol. The van der Waals surface area contributed by atoms with Crippen LogP contribution in [0.1, 0.15) is 50.1 Å². The molecule has 0 amide bonds. The van der Waals surface area contributed by atoms with Crippen LogP contribution in [0.2, 0.25) is 0 Å². The summed E-state index contributed by atoms with van der Waals surface area (Å²) in [6, 6.07) is 59.1. The molecule has 0 unspecified atom stereocenters. The van der Waals surface area contributed by atoms with Crippen molar-refractivity contribution < 1.29 is 0 Å². The van der Waals surface area contributed by atoms with Gasteiger partial charge in [0.2, 0.25) is 0 Å². The van der Waals surface area contributed by atoms with Crippen molar-refractivity contribution in [2.75, 3.05) is 9.80 Å². The maximum absolute atomic E-state index is 5.44. The molecule has 54 heavy (non-hydrogen) atoms. The molecule has 0 spiro atoms. The summed E-state index contributed by atoms with van der Waals surface area (Å²) in [5.74, 6) is 0.962. The summed E-state index contributed by atoms with van der Waals surface area (Å²) in [6.45, 7) is 9.01. The number of hydrogen-bond donors (Lipinski definition) is 0. The molecule has 0 bridgehead atoms. The Morgan fingerprint density at radius 1 is 0.500 bits per heavy atom. The lowest BCUT2D eigenvalue weighted by Crippen LogP contribution is -2.43. The van der Waals surface area contributed by atoms with E-state index in [0.717, 1.165) is 34.2 Å². The number of aromatic nitrogens is 1. The average Bonchev–Trinajstić information content (AvgIpc) is 3.21. The Morgan fingerprint density at radius 2 is 1.06 bits per heavy atom. The predicted molar refractivity (Wildman–Crippen MR) is 226 cm³/mol. The number of fused-ring (bicyclic) bond motifs is 5. The van der Waals surface area contributed by atoms with E-state index in [2.05, 4.69) is 201 Å². The van der Waals surface area contributed by atoms with Gasteiger partial charge in [-0.1, -0.05) is 117 Å². The fraction of sp³-hybridized carbons (Fsp3) is 0.120. The van der Waals surface area contributed by atoms with E-state index in [1.807, 2.05) is 6.20 Å². The Hall–Kier alpha value is -6.52. The zero-order chi connectivity index (χ0) is 36.6. The van der Waals surface area contributed by atoms with Crippen LogP contribution in [0, 0.1) is 0 Å². The number of pyridine rings is 1. The van der Waals surface area contributed by atoms with Crippen LogP contribution in [0.4, 0.5) is 28.4 Å². The van der Waals surface area contributed by atoms with Gasteiger partial charge in [0.25, 0.3) is 0 Å². The van der Waals surface area contributed by atoms with Gasteiger partial charge in [0.1, 0.15) is 11.4 Å². The minimum Gasteiger partial charge on any atom is -0.311 e. The molecular formula is C50H40N4. The molecule has 1 aromatic heterocycles. The monoisotopic (exact) mass is 696 g/mol. The van der Waals surface area contributed by atoms with Gasteiger partial charge in [0, 0.05) is 34.2 Å². The molecule has 4 nitrogen and oxygen atoms in total. The Morgan fingerprint density at radius 3 is 1.72 bits per heavy atom. The fourth-order valence-electron chi connectivity index (χ4n) is 8.67. The second-order valence-corrected chi connectivity index (χ2v) is 15.5. The minimum absolute atomic E-state index is 0.160. The molecule has 0 saturated heterocycles. The Labute approximate surface area is 316 Å². The first-order chi connectivity index (χ1) is 26.3. The maximum atomic E-state index is 5.44. The summed E-state index contributed by atoms with van der Waals surface area (Å²) in [4.78, 5) is 15.0. The second kappa shape index (κ2) is 12.0. The van der Waals surface area contributed by atoms with Crippen LogP contribution >= 0.6 is 0 Å². The van der Waals surface area contributed by atoms with Crippen LogP contribution < -0.4 is 9.80 Å². The highest BCUT2D eigenvalue weighted by atomic mass is 15.3. The molecule has 0 aliphatic carbocycles. The van der Waals surface area contributed by atoms with E-state index in [9.17, 15) is 0 Å². The van der Waals surface area contributed by atoms with Crippen molar-refractivity contribution in [2.45, 2.75) is 38.6 Å². The molecule has 0 atom stereocenters. The molecule has 0 radical (unpaired) electrons. The van der Waals surface area contributed by atoms with Crippen molar-refractivity contribution in [1.82, 2.24) is 4.98 Å². The van der Waals surface area contributed by atoms with E-state index in [0.29, 0.717) is 0 Å². The standard InChI is InChI=1S/C50H40N4/c1-49(2)43-17-11-12-18-45(43)54-46-44(49)29-30-51-47(46)50(3,4)52-48(54)37-24-28-42-36(32-37)20-19-35-31-34(23-27-41(35)42)33-21-25-40(26-22-33)53(38-13-7-5-8-14-38)39-15-9-6-10-16-39/h5-32H,1-4H3.